The first-order valence-corrected chi connectivity index (χ1v) is 5.66. The topological polar surface area (TPSA) is 86.9 Å². The van der Waals surface area contributed by atoms with Gasteiger partial charge in [0.05, 0.1) is 17.4 Å². The molecule has 1 heterocycles. The second-order valence-corrected chi connectivity index (χ2v) is 4.31. The average molecular weight is 260 g/mol. The van der Waals surface area contributed by atoms with Gasteiger partial charge in [0.25, 0.3) is 5.91 Å². The number of rotatable bonds is 3. The Morgan fingerprint density at radius 1 is 1.39 bits per heavy atom. The fourth-order valence-electron chi connectivity index (χ4n) is 1.73. The first-order chi connectivity index (χ1) is 8.50. The van der Waals surface area contributed by atoms with Crippen LogP contribution in [0, 0.1) is 6.92 Å². The highest BCUT2D eigenvalue weighted by atomic mass is 32.1. The Morgan fingerprint density at radius 2 is 2.11 bits per heavy atom. The lowest BCUT2D eigenvalue weighted by Gasteiger charge is -2.11. The molecule has 1 amide bonds. The van der Waals surface area contributed by atoms with Crippen LogP contribution < -0.4 is 11.5 Å². The summed E-state index contributed by atoms with van der Waals surface area (Å²) in [4.78, 5) is 11.3. The highest BCUT2D eigenvalue weighted by Gasteiger charge is 2.12. The van der Waals surface area contributed by atoms with Crippen LogP contribution in [-0.2, 0) is 0 Å². The summed E-state index contributed by atoms with van der Waals surface area (Å²) in [5.41, 5.74) is 13.7. The molecule has 0 aliphatic rings. The van der Waals surface area contributed by atoms with E-state index in [4.69, 9.17) is 23.7 Å². The van der Waals surface area contributed by atoms with E-state index in [1.807, 2.05) is 25.1 Å². The highest BCUT2D eigenvalue weighted by Crippen LogP contribution is 2.19. The normalized spacial score (nSPS) is 10.3. The number of carbonyl (C=O) groups is 1. The van der Waals surface area contributed by atoms with E-state index in [9.17, 15) is 4.79 Å². The van der Waals surface area contributed by atoms with Gasteiger partial charge in [0.1, 0.15) is 4.99 Å². The van der Waals surface area contributed by atoms with Gasteiger partial charge in [-0.15, -0.1) is 0 Å². The summed E-state index contributed by atoms with van der Waals surface area (Å²) in [7, 11) is 0. The van der Waals surface area contributed by atoms with Gasteiger partial charge in [0.2, 0.25) is 0 Å². The van der Waals surface area contributed by atoms with Crippen molar-refractivity contribution in [2.24, 2.45) is 11.5 Å². The van der Waals surface area contributed by atoms with E-state index in [0.717, 1.165) is 11.3 Å². The number of para-hydroxylation sites is 1. The van der Waals surface area contributed by atoms with E-state index < -0.39 is 5.91 Å². The summed E-state index contributed by atoms with van der Waals surface area (Å²) < 4.78 is 1.56. The number of primary amides is 1. The summed E-state index contributed by atoms with van der Waals surface area (Å²) in [5.74, 6) is -0.522. The molecule has 0 aliphatic carbocycles. The molecular formula is C12H12N4OS. The maximum atomic E-state index is 11.1. The number of nitrogens with zero attached hydrogens (tertiary/aromatic N) is 2. The SMILES string of the molecule is Cc1cccc(C(N)=S)c1-n1cc(C(N)=O)cn1. The Bertz CT molecular complexity index is 633. The summed E-state index contributed by atoms with van der Waals surface area (Å²) in [5, 5.41) is 4.11. The fraction of sp³-hybridized carbons (Fsp3) is 0.0833. The van der Waals surface area contributed by atoms with Crippen LogP contribution in [0.25, 0.3) is 5.69 Å². The first kappa shape index (κ1) is 12.3. The first-order valence-electron chi connectivity index (χ1n) is 5.25. The average Bonchev–Trinajstić information content (AvgIpc) is 2.77. The Kier molecular flexibility index (Phi) is 3.12. The number of benzene rings is 1. The van der Waals surface area contributed by atoms with Gasteiger partial charge in [-0.05, 0) is 18.6 Å². The van der Waals surface area contributed by atoms with Crippen LogP contribution in [0.5, 0.6) is 0 Å². The Hall–Kier alpha value is -2.21. The molecule has 0 saturated carbocycles. The molecule has 1 aromatic heterocycles. The van der Waals surface area contributed by atoms with Crippen LogP contribution in [0.3, 0.4) is 0 Å². The molecule has 0 bridgehead atoms. The third-order valence-electron chi connectivity index (χ3n) is 2.60. The largest absolute Gasteiger partial charge is 0.389 e. The van der Waals surface area contributed by atoms with Gasteiger partial charge in [0.15, 0.2) is 0 Å². The minimum absolute atomic E-state index is 0.282. The smallest absolute Gasteiger partial charge is 0.251 e. The molecule has 2 rings (SSSR count). The van der Waals surface area contributed by atoms with E-state index in [2.05, 4.69) is 5.10 Å². The number of thiocarbonyl (C=S) groups is 1. The summed E-state index contributed by atoms with van der Waals surface area (Å²) >= 11 is 5.01. The Balaban J connectivity index is 2.62. The second kappa shape index (κ2) is 4.58. The lowest BCUT2D eigenvalue weighted by atomic mass is 10.1. The minimum atomic E-state index is -0.522. The molecule has 2 aromatic rings. The van der Waals surface area contributed by atoms with Crippen LogP contribution in [-0.4, -0.2) is 20.7 Å². The van der Waals surface area contributed by atoms with E-state index in [0.29, 0.717) is 11.1 Å². The van der Waals surface area contributed by atoms with Crippen molar-refractivity contribution in [1.29, 1.82) is 0 Å². The standard InChI is InChI=1S/C12H12N4OS/c1-7-3-2-4-9(12(14)18)10(7)16-6-8(5-15-16)11(13)17/h2-6H,1H3,(H2,13,17)(H2,14,18). The van der Waals surface area contributed by atoms with E-state index in [1.165, 1.54) is 6.20 Å². The molecule has 92 valence electrons. The molecule has 0 spiro atoms. The number of aromatic nitrogens is 2. The van der Waals surface area contributed by atoms with E-state index in [1.54, 1.807) is 10.9 Å². The molecule has 0 aliphatic heterocycles. The zero-order valence-corrected chi connectivity index (χ0v) is 10.6. The maximum absolute atomic E-state index is 11.1. The van der Waals surface area contributed by atoms with Crippen molar-refractivity contribution in [3.63, 3.8) is 0 Å². The molecular weight excluding hydrogens is 248 g/mol. The van der Waals surface area contributed by atoms with Gasteiger partial charge in [-0.2, -0.15) is 5.10 Å². The van der Waals surface area contributed by atoms with Crippen molar-refractivity contribution in [2.75, 3.05) is 0 Å². The van der Waals surface area contributed by atoms with Crippen LogP contribution in [0.4, 0.5) is 0 Å². The molecule has 0 atom stereocenters. The fourth-order valence-corrected chi connectivity index (χ4v) is 1.90. The Labute approximate surface area is 109 Å². The van der Waals surface area contributed by atoms with Gasteiger partial charge >= 0.3 is 0 Å². The lowest BCUT2D eigenvalue weighted by molar-refractivity contribution is 0.100. The zero-order valence-electron chi connectivity index (χ0n) is 9.75. The molecule has 6 heteroatoms. The second-order valence-electron chi connectivity index (χ2n) is 3.87. The van der Waals surface area contributed by atoms with Gasteiger partial charge < -0.3 is 11.5 Å². The molecule has 0 fully saturated rings. The van der Waals surface area contributed by atoms with Crippen LogP contribution in [0.15, 0.2) is 30.6 Å². The van der Waals surface area contributed by atoms with Crippen molar-refractivity contribution >= 4 is 23.1 Å². The summed E-state index contributed by atoms with van der Waals surface area (Å²) in [6.45, 7) is 1.92. The highest BCUT2D eigenvalue weighted by molar-refractivity contribution is 7.80. The van der Waals surface area contributed by atoms with Crippen molar-refractivity contribution < 1.29 is 4.79 Å². The number of nitrogens with two attached hydrogens (primary N) is 2. The molecule has 0 unspecified atom stereocenters. The van der Waals surface area contributed by atoms with Crippen LogP contribution in [0.1, 0.15) is 21.5 Å². The van der Waals surface area contributed by atoms with E-state index >= 15 is 0 Å². The number of hydrogen-bond acceptors (Lipinski definition) is 3. The van der Waals surface area contributed by atoms with Gasteiger partial charge in [0, 0.05) is 11.8 Å². The van der Waals surface area contributed by atoms with Gasteiger partial charge in [-0.25, -0.2) is 4.68 Å². The minimum Gasteiger partial charge on any atom is -0.389 e. The Morgan fingerprint density at radius 3 is 2.67 bits per heavy atom. The maximum Gasteiger partial charge on any atom is 0.251 e. The number of amides is 1. The third kappa shape index (κ3) is 2.10. The zero-order chi connectivity index (χ0) is 13.3. The number of aryl methyl sites for hydroxylation is 1. The molecule has 5 nitrogen and oxygen atoms in total. The van der Waals surface area contributed by atoms with Gasteiger partial charge in [-0.3, -0.25) is 4.79 Å². The summed E-state index contributed by atoms with van der Waals surface area (Å²) in [6, 6.07) is 5.60. The van der Waals surface area contributed by atoms with Crippen LogP contribution >= 0.6 is 12.2 Å². The molecule has 4 N–H and O–H groups in total. The number of carbonyl (C=O) groups excluding carboxylic acids is 1. The predicted octanol–water partition coefficient (Wildman–Crippen LogP) is 0.914. The van der Waals surface area contributed by atoms with Gasteiger partial charge in [-0.1, -0.05) is 24.4 Å². The van der Waals surface area contributed by atoms with Crippen molar-refractivity contribution in [3.05, 3.63) is 47.3 Å². The number of hydrogen-bond donors (Lipinski definition) is 2. The summed E-state index contributed by atoms with van der Waals surface area (Å²) in [6.07, 6.45) is 2.98. The van der Waals surface area contributed by atoms with Crippen LogP contribution in [0.2, 0.25) is 0 Å². The van der Waals surface area contributed by atoms with Crippen molar-refractivity contribution in [1.82, 2.24) is 9.78 Å². The third-order valence-corrected chi connectivity index (χ3v) is 2.82. The predicted molar refractivity (Wildman–Crippen MR) is 72.7 cm³/mol. The van der Waals surface area contributed by atoms with E-state index in [-0.39, 0.29) is 4.99 Å². The van der Waals surface area contributed by atoms with Crippen molar-refractivity contribution in [3.8, 4) is 5.69 Å². The van der Waals surface area contributed by atoms with Crippen molar-refractivity contribution in [2.45, 2.75) is 6.92 Å². The molecule has 1 aromatic carbocycles. The molecule has 0 radical (unpaired) electrons. The molecule has 18 heavy (non-hydrogen) atoms. The monoisotopic (exact) mass is 260 g/mol. The quantitative estimate of drug-likeness (QED) is 0.803. The molecule has 0 saturated heterocycles. The lowest BCUT2D eigenvalue weighted by Crippen LogP contribution is -2.15.